The van der Waals surface area contributed by atoms with Crippen molar-refractivity contribution in [2.75, 3.05) is 25.4 Å². The number of hydrogen-bond acceptors (Lipinski definition) is 4. The first-order valence-electron chi connectivity index (χ1n) is 8.56. The van der Waals surface area contributed by atoms with Gasteiger partial charge in [0.2, 0.25) is 10.0 Å². The lowest BCUT2D eigenvalue weighted by molar-refractivity contribution is -0.0440. The Morgan fingerprint density at radius 2 is 1.83 bits per heavy atom. The van der Waals surface area contributed by atoms with Gasteiger partial charge in [0.15, 0.2) is 5.96 Å². The van der Waals surface area contributed by atoms with Crippen molar-refractivity contribution in [3.05, 3.63) is 0 Å². The highest BCUT2D eigenvalue weighted by Crippen LogP contribution is 2.17. The van der Waals surface area contributed by atoms with Crippen LogP contribution in [0.3, 0.4) is 0 Å². The fraction of sp³-hybridized carbons (Fsp3) is 0.933. The van der Waals surface area contributed by atoms with E-state index in [1.54, 1.807) is 0 Å². The number of ether oxygens (including phenoxy) is 1. The van der Waals surface area contributed by atoms with Gasteiger partial charge >= 0.3 is 0 Å². The van der Waals surface area contributed by atoms with Crippen molar-refractivity contribution in [3.63, 3.8) is 0 Å². The number of nitrogens with zero attached hydrogens (tertiary/aromatic N) is 2. The zero-order chi connectivity index (χ0) is 16.9. The second-order valence-corrected chi connectivity index (χ2v) is 8.73. The first kappa shape index (κ1) is 18.5. The molecule has 2 fully saturated rings. The Morgan fingerprint density at radius 3 is 2.43 bits per heavy atom. The lowest BCUT2D eigenvalue weighted by atomic mass is 9.96. The van der Waals surface area contributed by atoms with E-state index in [1.807, 2.05) is 13.8 Å². The van der Waals surface area contributed by atoms with E-state index < -0.39 is 10.0 Å². The average molecular weight is 346 g/mol. The Hall–Kier alpha value is -0.860. The van der Waals surface area contributed by atoms with E-state index in [1.165, 1.54) is 23.6 Å². The van der Waals surface area contributed by atoms with Crippen LogP contribution in [-0.2, 0) is 14.8 Å². The fourth-order valence-electron chi connectivity index (χ4n) is 3.27. The van der Waals surface area contributed by atoms with E-state index in [-0.39, 0.29) is 24.5 Å². The van der Waals surface area contributed by atoms with E-state index in [9.17, 15) is 8.42 Å². The third-order valence-corrected chi connectivity index (χ3v) is 6.15. The van der Waals surface area contributed by atoms with Gasteiger partial charge in [-0.3, -0.25) is 4.99 Å². The van der Waals surface area contributed by atoms with Gasteiger partial charge in [0, 0.05) is 19.1 Å². The summed E-state index contributed by atoms with van der Waals surface area (Å²) in [5.74, 6) is 0.343. The monoisotopic (exact) mass is 346 g/mol. The van der Waals surface area contributed by atoms with Crippen LogP contribution < -0.4 is 11.1 Å². The van der Waals surface area contributed by atoms with Crippen LogP contribution in [0, 0.1) is 0 Å². The van der Waals surface area contributed by atoms with Crippen molar-refractivity contribution in [1.29, 1.82) is 0 Å². The minimum absolute atomic E-state index is 0.0144. The summed E-state index contributed by atoms with van der Waals surface area (Å²) >= 11 is 0. The summed E-state index contributed by atoms with van der Waals surface area (Å²) in [6.45, 7) is 4.79. The Kier molecular flexibility index (Phi) is 6.67. The standard InChI is InChI=1S/C15H30N4O3S/c1-12-10-19(11-13(2)22-12)23(20,21)9-8-17-15(16)18-14-6-4-3-5-7-14/h12-14H,3-11H2,1-2H3,(H3,16,17,18). The van der Waals surface area contributed by atoms with Gasteiger partial charge in [-0.2, -0.15) is 4.31 Å². The predicted octanol–water partition coefficient (Wildman–Crippen LogP) is 0.662. The molecule has 0 spiro atoms. The summed E-state index contributed by atoms with van der Waals surface area (Å²) in [6.07, 6.45) is 5.78. The summed E-state index contributed by atoms with van der Waals surface area (Å²) < 4.78 is 31.9. The highest BCUT2D eigenvalue weighted by atomic mass is 32.2. The van der Waals surface area contributed by atoms with Crippen LogP contribution in [0.1, 0.15) is 46.0 Å². The van der Waals surface area contributed by atoms with Gasteiger partial charge < -0.3 is 15.8 Å². The summed E-state index contributed by atoms with van der Waals surface area (Å²) in [5.41, 5.74) is 5.87. The van der Waals surface area contributed by atoms with Crippen molar-refractivity contribution in [2.24, 2.45) is 10.7 Å². The number of rotatable bonds is 5. The smallest absolute Gasteiger partial charge is 0.216 e. The van der Waals surface area contributed by atoms with Crippen molar-refractivity contribution in [3.8, 4) is 0 Å². The molecule has 8 heteroatoms. The highest BCUT2D eigenvalue weighted by molar-refractivity contribution is 7.89. The van der Waals surface area contributed by atoms with E-state index in [0.717, 1.165) is 12.8 Å². The highest BCUT2D eigenvalue weighted by Gasteiger charge is 2.30. The van der Waals surface area contributed by atoms with Gasteiger partial charge in [-0.05, 0) is 26.7 Å². The Labute approximate surface area is 139 Å². The fourth-order valence-corrected chi connectivity index (χ4v) is 4.72. The first-order chi connectivity index (χ1) is 10.9. The quantitative estimate of drug-likeness (QED) is 0.563. The lowest BCUT2D eigenvalue weighted by Crippen LogP contribution is -2.49. The summed E-state index contributed by atoms with van der Waals surface area (Å²) in [4.78, 5) is 4.18. The van der Waals surface area contributed by atoms with Crippen LogP contribution in [0.4, 0.5) is 0 Å². The molecule has 0 bridgehead atoms. The normalized spacial score (nSPS) is 28.7. The van der Waals surface area contributed by atoms with E-state index in [4.69, 9.17) is 10.5 Å². The Morgan fingerprint density at radius 1 is 1.22 bits per heavy atom. The largest absolute Gasteiger partial charge is 0.373 e. The first-order valence-corrected chi connectivity index (χ1v) is 10.2. The molecule has 1 saturated carbocycles. The maximum atomic E-state index is 12.4. The summed E-state index contributed by atoms with van der Waals surface area (Å²) in [5, 5.41) is 3.20. The van der Waals surface area contributed by atoms with E-state index in [2.05, 4.69) is 10.3 Å². The molecule has 1 heterocycles. The number of hydrogen-bond donors (Lipinski definition) is 2. The third kappa shape index (κ3) is 5.93. The number of nitrogens with two attached hydrogens (primary N) is 1. The molecule has 7 nitrogen and oxygen atoms in total. The van der Waals surface area contributed by atoms with E-state index in [0.29, 0.717) is 25.1 Å². The summed E-state index contributed by atoms with van der Waals surface area (Å²) in [7, 11) is -3.32. The van der Waals surface area contributed by atoms with E-state index >= 15 is 0 Å². The molecule has 2 rings (SSSR count). The molecule has 1 aliphatic heterocycles. The van der Waals surface area contributed by atoms with Crippen molar-refractivity contribution in [2.45, 2.75) is 64.2 Å². The molecule has 0 radical (unpaired) electrons. The van der Waals surface area contributed by atoms with Crippen LogP contribution in [0.5, 0.6) is 0 Å². The van der Waals surface area contributed by atoms with Crippen LogP contribution in [-0.4, -0.2) is 62.3 Å². The molecule has 2 unspecified atom stereocenters. The molecular formula is C15H30N4O3S. The minimum Gasteiger partial charge on any atom is -0.373 e. The zero-order valence-corrected chi connectivity index (χ0v) is 15.0. The van der Waals surface area contributed by atoms with Crippen LogP contribution in [0.2, 0.25) is 0 Å². The minimum atomic E-state index is -3.32. The molecule has 134 valence electrons. The second kappa shape index (κ2) is 8.30. The molecule has 3 N–H and O–H groups in total. The van der Waals surface area contributed by atoms with Gasteiger partial charge in [-0.1, -0.05) is 19.3 Å². The van der Waals surface area contributed by atoms with Gasteiger partial charge in [-0.25, -0.2) is 8.42 Å². The van der Waals surface area contributed by atoms with Crippen LogP contribution in [0.15, 0.2) is 4.99 Å². The Balaban J connectivity index is 1.80. The molecule has 2 atom stereocenters. The van der Waals surface area contributed by atoms with Gasteiger partial charge in [0.05, 0.1) is 24.5 Å². The van der Waals surface area contributed by atoms with Gasteiger partial charge in [-0.15, -0.1) is 0 Å². The number of aliphatic imine (C=N–C) groups is 1. The number of morpholine rings is 1. The predicted molar refractivity (Wildman–Crippen MR) is 91.9 cm³/mol. The van der Waals surface area contributed by atoms with Crippen molar-refractivity contribution in [1.82, 2.24) is 9.62 Å². The lowest BCUT2D eigenvalue weighted by Gasteiger charge is -2.34. The van der Waals surface area contributed by atoms with Crippen LogP contribution in [0.25, 0.3) is 0 Å². The number of nitrogens with one attached hydrogen (secondary N) is 1. The Bertz CT molecular complexity index is 493. The molecule has 0 amide bonds. The maximum Gasteiger partial charge on any atom is 0.216 e. The average Bonchev–Trinajstić information content (AvgIpc) is 2.47. The van der Waals surface area contributed by atoms with Crippen LogP contribution >= 0.6 is 0 Å². The molecule has 0 aromatic heterocycles. The zero-order valence-electron chi connectivity index (χ0n) is 14.2. The molecule has 23 heavy (non-hydrogen) atoms. The van der Waals surface area contributed by atoms with Gasteiger partial charge in [0.1, 0.15) is 0 Å². The molecule has 2 aliphatic rings. The topological polar surface area (TPSA) is 97.0 Å². The summed E-state index contributed by atoms with van der Waals surface area (Å²) in [6, 6.07) is 0.380. The van der Waals surface area contributed by atoms with Crippen molar-refractivity contribution < 1.29 is 13.2 Å². The number of sulfonamides is 1. The SMILES string of the molecule is CC1CN(S(=O)(=O)CCN=C(N)NC2CCCCC2)CC(C)O1. The van der Waals surface area contributed by atoms with Crippen molar-refractivity contribution >= 4 is 16.0 Å². The molecular weight excluding hydrogens is 316 g/mol. The number of guanidine groups is 1. The second-order valence-electron chi connectivity index (χ2n) is 6.64. The van der Waals surface area contributed by atoms with Gasteiger partial charge in [0.25, 0.3) is 0 Å². The third-order valence-electron chi connectivity index (χ3n) is 4.37. The molecule has 1 aliphatic carbocycles. The molecule has 0 aromatic carbocycles. The molecule has 1 saturated heterocycles. The molecule has 0 aromatic rings. The maximum absolute atomic E-state index is 12.4.